The van der Waals surface area contributed by atoms with Gasteiger partial charge in [-0.15, -0.1) is 11.8 Å². The van der Waals surface area contributed by atoms with E-state index in [2.05, 4.69) is 22.3 Å². The van der Waals surface area contributed by atoms with Crippen LogP contribution in [0.2, 0.25) is 0 Å². The van der Waals surface area contributed by atoms with E-state index >= 15 is 0 Å². The van der Waals surface area contributed by atoms with Crippen molar-refractivity contribution in [3.05, 3.63) is 53.6 Å². The predicted octanol–water partition coefficient (Wildman–Crippen LogP) is 3.89. The summed E-state index contributed by atoms with van der Waals surface area (Å²) in [5.74, 6) is 0.721. The molecule has 4 rings (SSSR count). The van der Waals surface area contributed by atoms with E-state index in [0.29, 0.717) is 5.56 Å². The lowest BCUT2D eigenvalue weighted by Crippen LogP contribution is -2.35. The highest BCUT2D eigenvalue weighted by Crippen LogP contribution is 2.36. The van der Waals surface area contributed by atoms with Crippen LogP contribution in [0.3, 0.4) is 0 Å². The number of nitrogens with zero attached hydrogens (tertiary/aromatic N) is 2. The quantitative estimate of drug-likeness (QED) is 0.735. The van der Waals surface area contributed by atoms with E-state index in [1.54, 1.807) is 23.9 Å². The number of nitrogens with one attached hydrogen (secondary N) is 1. The molecule has 8 heteroatoms. The molecule has 0 bridgehead atoms. The van der Waals surface area contributed by atoms with Gasteiger partial charge in [-0.1, -0.05) is 18.2 Å². The third-order valence-electron chi connectivity index (χ3n) is 5.95. The van der Waals surface area contributed by atoms with Gasteiger partial charge in [-0.2, -0.15) is 0 Å². The largest absolute Gasteiger partial charge is 0.371 e. The Bertz CT molecular complexity index is 1060. The summed E-state index contributed by atoms with van der Waals surface area (Å²) in [5.41, 5.74) is 2.37. The molecule has 1 atom stereocenters. The fourth-order valence-corrected chi connectivity index (χ4v) is 6.26. The number of carbonyl (C=O) groups excluding carboxylic acids is 1. The van der Waals surface area contributed by atoms with E-state index in [9.17, 15) is 13.2 Å². The van der Waals surface area contributed by atoms with Crippen molar-refractivity contribution in [1.29, 1.82) is 0 Å². The monoisotopic (exact) mass is 459 g/mol. The molecule has 2 aliphatic heterocycles. The lowest BCUT2D eigenvalue weighted by atomic mass is 10.0. The normalized spacial score (nSPS) is 19.2. The van der Waals surface area contributed by atoms with Gasteiger partial charge in [0.05, 0.1) is 16.5 Å². The molecule has 1 fully saturated rings. The smallest absolute Gasteiger partial charge is 0.253 e. The third-order valence-corrected chi connectivity index (χ3v) is 8.89. The summed E-state index contributed by atoms with van der Waals surface area (Å²) >= 11 is 1.81. The molecule has 0 unspecified atom stereocenters. The first kappa shape index (κ1) is 22.2. The minimum Gasteiger partial charge on any atom is -0.371 e. The first-order valence-corrected chi connectivity index (χ1v) is 13.1. The molecule has 1 N–H and O–H groups in total. The first-order valence-electron chi connectivity index (χ1n) is 10.7. The Kier molecular flexibility index (Phi) is 6.60. The van der Waals surface area contributed by atoms with E-state index in [1.807, 2.05) is 12.1 Å². The Morgan fingerprint density at radius 2 is 1.84 bits per heavy atom. The second-order valence-electron chi connectivity index (χ2n) is 8.22. The van der Waals surface area contributed by atoms with Crippen molar-refractivity contribution in [3.8, 4) is 0 Å². The molecule has 2 heterocycles. The molecule has 31 heavy (non-hydrogen) atoms. The van der Waals surface area contributed by atoms with Gasteiger partial charge in [0, 0.05) is 43.5 Å². The van der Waals surface area contributed by atoms with Gasteiger partial charge < -0.3 is 10.2 Å². The predicted molar refractivity (Wildman–Crippen MR) is 125 cm³/mol. The van der Waals surface area contributed by atoms with Crippen molar-refractivity contribution < 1.29 is 13.2 Å². The average Bonchev–Trinajstić information content (AvgIpc) is 2.79. The molecule has 1 amide bonds. The second-order valence-corrected chi connectivity index (χ2v) is 11.5. The zero-order chi connectivity index (χ0) is 22.0. The van der Waals surface area contributed by atoms with E-state index in [-0.39, 0.29) is 16.8 Å². The number of benzene rings is 2. The molecular formula is C23H29N3O3S2. The van der Waals surface area contributed by atoms with E-state index in [0.717, 1.165) is 49.4 Å². The average molecular weight is 460 g/mol. The van der Waals surface area contributed by atoms with Crippen LogP contribution >= 0.6 is 11.8 Å². The number of hydrogen-bond donors (Lipinski definition) is 1. The fraction of sp³-hybridized carbons (Fsp3) is 0.435. The number of thioether (sulfide) groups is 1. The van der Waals surface area contributed by atoms with Crippen molar-refractivity contribution >= 4 is 33.4 Å². The zero-order valence-electron chi connectivity index (χ0n) is 18.0. The maximum atomic E-state index is 13.5. The van der Waals surface area contributed by atoms with Crippen LogP contribution in [-0.2, 0) is 10.0 Å². The minimum absolute atomic E-state index is 0.0757. The second kappa shape index (κ2) is 9.22. The van der Waals surface area contributed by atoms with Crippen LogP contribution in [0.15, 0.2) is 52.3 Å². The summed E-state index contributed by atoms with van der Waals surface area (Å²) in [4.78, 5) is 17.0. The van der Waals surface area contributed by atoms with Crippen LogP contribution < -0.4 is 10.2 Å². The molecule has 6 nitrogen and oxygen atoms in total. The molecule has 2 aromatic carbocycles. The van der Waals surface area contributed by atoms with Crippen LogP contribution in [0.4, 0.5) is 5.69 Å². The molecule has 1 saturated heterocycles. The standard InChI is InChI=1S/C23H29N3O3S2/c1-25(2)31(28,29)17-10-11-21(26-13-6-3-7-14-26)19(16-17)23(27)24-20-12-15-30-22-9-5-4-8-18(20)22/h4-5,8-11,16,20H,3,6-7,12-15H2,1-2H3,(H,24,27)/t20-/m0/s1. The molecule has 0 saturated carbocycles. The number of rotatable bonds is 5. The number of amides is 1. The van der Waals surface area contributed by atoms with Gasteiger partial charge in [0.25, 0.3) is 5.91 Å². The van der Waals surface area contributed by atoms with Gasteiger partial charge in [-0.3, -0.25) is 4.79 Å². The number of hydrogen-bond acceptors (Lipinski definition) is 5. The molecule has 2 aliphatic rings. The Morgan fingerprint density at radius 3 is 2.58 bits per heavy atom. The van der Waals surface area contributed by atoms with Crippen LogP contribution in [0.5, 0.6) is 0 Å². The van der Waals surface area contributed by atoms with Gasteiger partial charge in [0.15, 0.2) is 0 Å². The lowest BCUT2D eigenvalue weighted by molar-refractivity contribution is 0.0935. The number of fused-ring (bicyclic) bond motifs is 1. The third kappa shape index (κ3) is 4.61. The number of piperidine rings is 1. The summed E-state index contributed by atoms with van der Waals surface area (Å²) in [5, 5.41) is 3.19. The van der Waals surface area contributed by atoms with Crippen molar-refractivity contribution in [1.82, 2.24) is 9.62 Å². The van der Waals surface area contributed by atoms with Crippen molar-refractivity contribution in [2.75, 3.05) is 37.8 Å². The summed E-state index contributed by atoms with van der Waals surface area (Å²) in [7, 11) is -0.622. The summed E-state index contributed by atoms with van der Waals surface area (Å²) in [6.07, 6.45) is 4.18. The van der Waals surface area contributed by atoms with E-state index in [4.69, 9.17) is 0 Å². The highest BCUT2D eigenvalue weighted by Gasteiger charge is 2.27. The van der Waals surface area contributed by atoms with E-state index in [1.165, 1.54) is 35.8 Å². The summed E-state index contributed by atoms with van der Waals surface area (Å²) in [6.45, 7) is 1.76. The van der Waals surface area contributed by atoms with Gasteiger partial charge in [-0.05, 0) is 55.5 Å². The molecule has 166 valence electrons. The highest BCUT2D eigenvalue weighted by molar-refractivity contribution is 7.99. The SMILES string of the molecule is CN(C)S(=O)(=O)c1ccc(N2CCCCC2)c(C(=O)N[C@H]2CCSc3ccccc32)c1. The van der Waals surface area contributed by atoms with Gasteiger partial charge in [0.2, 0.25) is 10.0 Å². The topological polar surface area (TPSA) is 69.7 Å². The van der Waals surface area contributed by atoms with Gasteiger partial charge >= 0.3 is 0 Å². The molecular weight excluding hydrogens is 430 g/mol. The number of carbonyl (C=O) groups is 1. The highest BCUT2D eigenvalue weighted by atomic mass is 32.2. The number of anilines is 1. The zero-order valence-corrected chi connectivity index (χ0v) is 19.6. The van der Waals surface area contributed by atoms with Crippen molar-refractivity contribution in [3.63, 3.8) is 0 Å². The van der Waals surface area contributed by atoms with Crippen molar-refractivity contribution in [2.24, 2.45) is 0 Å². The lowest BCUT2D eigenvalue weighted by Gasteiger charge is -2.31. The fourth-order valence-electron chi connectivity index (χ4n) is 4.21. The van der Waals surface area contributed by atoms with Crippen LogP contribution in [0, 0.1) is 0 Å². The molecule has 0 aliphatic carbocycles. The van der Waals surface area contributed by atoms with Gasteiger partial charge in [-0.25, -0.2) is 12.7 Å². The summed E-state index contributed by atoms with van der Waals surface area (Å²) in [6, 6.07) is 13.0. The Morgan fingerprint density at radius 1 is 1.10 bits per heavy atom. The van der Waals surface area contributed by atoms with Gasteiger partial charge in [0.1, 0.15) is 0 Å². The molecule has 2 aromatic rings. The minimum atomic E-state index is -3.63. The van der Waals surface area contributed by atoms with Crippen LogP contribution in [-0.4, -0.2) is 51.6 Å². The molecule has 0 spiro atoms. The van der Waals surface area contributed by atoms with E-state index < -0.39 is 10.0 Å². The number of sulfonamides is 1. The van der Waals surface area contributed by atoms with Crippen LogP contribution in [0.1, 0.15) is 47.6 Å². The Balaban J connectivity index is 1.70. The van der Waals surface area contributed by atoms with Crippen molar-refractivity contribution in [2.45, 2.75) is 41.5 Å². The maximum Gasteiger partial charge on any atom is 0.253 e. The summed E-state index contributed by atoms with van der Waals surface area (Å²) < 4.78 is 26.6. The Labute approximate surface area is 189 Å². The Hall–Kier alpha value is -2.03. The van der Waals surface area contributed by atoms with Crippen LogP contribution in [0.25, 0.3) is 0 Å². The molecule has 0 aromatic heterocycles. The first-order chi connectivity index (χ1) is 14.9. The maximum absolute atomic E-state index is 13.5. The molecule has 0 radical (unpaired) electrons.